The van der Waals surface area contributed by atoms with Gasteiger partial charge in [-0.1, -0.05) is 79.4 Å². The standard InChI is InChI=1S/C23H32N2O2.ClH/c1-4-5-6-22(24)17-27-23(26)25(15-20-11-7-18(2)8-12-20)16-21-13-9-19(3)10-14-21;/h7-14,22H,4-6,15-17,24H2,1-3H3;1H/t22-;/m0./s1. The summed E-state index contributed by atoms with van der Waals surface area (Å²) in [4.78, 5) is 14.5. The summed E-state index contributed by atoms with van der Waals surface area (Å²) >= 11 is 0. The van der Waals surface area contributed by atoms with Gasteiger partial charge in [-0.3, -0.25) is 4.90 Å². The van der Waals surface area contributed by atoms with Gasteiger partial charge >= 0.3 is 6.09 Å². The number of halogens is 1. The first-order valence-electron chi connectivity index (χ1n) is 9.76. The Kier molecular flexibility index (Phi) is 10.6. The Balaban J connectivity index is 0.00000392. The van der Waals surface area contributed by atoms with Crippen LogP contribution >= 0.6 is 12.4 Å². The molecule has 0 aromatic heterocycles. The van der Waals surface area contributed by atoms with Gasteiger partial charge in [0, 0.05) is 19.1 Å². The van der Waals surface area contributed by atoms with Crippen molar-refractivity contribution in [3.63, 3.8) is 0 Å². The number of aryl methyl sites for hydroxylation is 2. The Morgan fingerprint density at radius 1 is 0.964 bits per heavy atom. The molecule has 0 aliphatic rings. The van der Waals surface area contributed by atoms with E-state index in [0.29, 0.717) is 13.1 Å². The maximum Gasteiger partial charge on any atom is 0.410 e. The minimum atomic E-state index is -0.317. The van der Waals surface area contributed by atoms with Gasteiger partial charge in [-0.2, -0.15) is 0 Å². The fourth-order valence-corrected chi connectivity index (χ4v) is 2.83. The van der Waals surface area contributed by atoms with E-state index in [1.807, 2.05) is 0 Å². The number of hydrogen-bond donors (Lipinski definition) is 1. The molecule has 2 N–H and O–H groups in total. The molecule has 0 aliphatic heterocycles. The van der Waals surface area contributed by atoms with Crippen LogP contribution in [0.2, 0.25) is 0 Å². The Hall–Kier alpha value is -2.04. The van der Waals surface area contributed by atoms with E-state index in [1.165, 1.54) is 11.1 Å². The number of carbonyl (C=O) groups is 1. The van der Waals surface area contributed by atoms with Crippen LogP contribution in [-0.2, 0) is 17.8 Å². The molecule has 1 atom stereocenters. The zero-order valence-corrected chi connectivity index (χ0v) is 18.0. The third-order valence-electron chi connectivity index (χ3n) is 4.60. The smallest absolute Gasteiger partial charge is 0.410 e. The van der Waals surface area contributed by atoms with Crippen molar-refractivity contribution in [2.45, 2.75) is 59.2 Å². The van der Waals surface area contributed by atoms with E-state index in [-0.39, 0.29) is 31.1 Å². The topological polar surface area (TPSA) is 55.6 Å². The largest absolute Gasteiger partial charge is 0.448 e. The Labute approximate surface area is 175 Å². The fourth-order valence-electron chi connectivity index (χ4n) is 2.83. The number of hydrogen-bond acceptors (Lipinski definition) is 3. The van der Waals surface area contributed by atoms with Crippen LogP contribution in [0.3, 0.4) is 0 Å². The Bertz CT molecular complexity index is 654. The highest BCUT2D eigenvalue weighted by molar-refractivity contribution is 5.85. The van der Waals surface area contributed by atoms with Crippen LogP contribution in [-0.4, -0.2) is 23.6 Å². The molecule has 2 aromatic carbocycles. The molecule has 154 valence electrons. The predicted molar refractivity (Wildman–Crippen MR) is 118 cm³/mol. The molecular weight excluding hydrogens is 372 g/mol. The van der Waals surface area contributed by atoms with Crippen LogP contribution in [0.1, 0.15) is 48.4 Å². The first-order chi connectivity index (χ1) is 13.0. The first kappa shape index (κ1) is 24.0. The van der Waals surface area contributed by atoms with E-state index < -0.39 is 0 Å². The summed E-state index contributed by atoms with van der Waals surface area (Å²) in [6.07, 6.45) is 2.70. The third kappa shape index (κ3) is 8.32. The molecule has 0 bridgehead atoms. The van der Waals surface area contributed by atoms with Gasteiger partial charge in [0.1, 0.15) is 6.61 Å². The fraction of sp³-hybridized carbons (Fsp3) is 0.435. The van der Waals surface area contributed by atoms with Gasteiger partial charge in [0.15, 0.2) is 0 Å². The lowest BCUT2D eigenvalue weighted by Gasteiger charge is -2.23. The summed E-state index contributed by atoms with van der Waals surface area (Å²) in [7, 11) is 0. The van der Waals surface area contributed by atoms with Crippen LogP contribution < -0.4 is 5.73 Å². The second kappa shape index (κ2) is 12.4. The van der Waals surface area contributed by atoms with Crippen molar-refractivity contribution in [3.05, 3.63) is 70.8 Å². The van der Waals surface area contributed by atoms with Crippen molar-refractivity contribution < 1.29 is 9.53 Å². The van der Waals surface area contributed by atoms with Crippen molar-refractivity contribution in [2.75, 3.05) is 6.61 Å². The van der Waals surface area contributed by atoms with Gasteiger partial charge in [0.25, 0.3) is 0 Å². The molecule has 0 saturated carbocycles. The molecule has 0 unspecified atom stereocenters. The van der Waals surface area contributed by atoms with E-state index in [4.69, 9.17) is 10.5 Å². The molecule has 2 aromatic rings. The second-order valence-corrected chi connectivity index (χ2v) is 7.31. The number of benzene rings is 2. The van der Waals surface area contributed by atoms with Crippen LogP contribution in [0.15, 0.2) is 48.5 Å². The van der Waals surface area contributed by atoms with Crippen LogP contribution in [0, 0.1) is 13.8 Å². The summed E-state index contributed by atoms with van der Waals surface area (Å²) in [5.41, 5.74) is 10.6. The second-order valence-electron chi connectivity index (χ2n) is 7.31. The molecule has 0 heterocycles. The zero-order chi connectivity index (χ0) is 19.6. The molecule has 0 radical (unpaired) electrons. The molecule has 0 fully saturated rings. The van der Waals surface area contributed by atoms with E-state index in [2.05, 4.69) is 69.3 Å². The van der Waals surface area contributed by atoms with Crippen LogP contribution in [0.25, 0.3) is 0 Å². The molecule has 4 nitrogen and oxygen atoms in total. The third-order valence-corrected chi connectivity index (χ3v) is 4.60. The van der Waals surface area contributed by atoms with Gasteiger partial charge in [0.2, 0.25) is 0 Å². The minimum Gasteiger partial charge on any atom is -0.448 e. The van der Waals surface area contributed by atoms with Crippen LogP contribution in [0.4, 0.5) is 4.79 Å². The number of unbranched alkanes of at least 4 members (excludes halogenated alkanes) is 1. The Morgan fingerprint density at radius 2 is 1.43 bits per heavy atom. The van der Waals surface area contributed by atoms with Gasteiger partial charge in [-0.25, -0.2) is 4.79 Å². The van der Waals surface area contributed by atoms with E-state index in [1.54, 1.807) is 4.90 Å². The SMILES string of the molecule is CCCC[C@H](N)COC(=O)N(Cc1ccc(C)cc1)Cc1ccc(C)cc1.Cl. The van der Waals surface area contributed by atoms with Gasteiger partial charge in [-0.05, 0) is 31.4 Å². The van der Waals surface area contributed by atoms with Crippen molar-refractivity contribution in [2.24, 2.45) is 5.73 Å². The summed E-state index contributed by atoms with van der Waals surface area (Å²) in [5, 5.41) is 0. The maximum absolute atomic E-state index is 12.7. The highest BCUT2D eigenvalue weighted by atomic mass is 35.5. The normalized spacial score (nSPS) is 11.4. The number of amides is 1. The molecule has 5 heteroatoms. The van der Waals surface area contributed by atoms with E-state index in [0.717, 1.165) is 30.4 Å². The Morgan fingerprint density at radius 3 is 1.86 bits per heavy atom. The minimum absolute atomic E-state index is 0. The maximum atomic E-state index is 12.7. The van der Waals surface area contributed by atoms with Crippen molar-refractivity contribution in [3.8, 4) is 0 Å². The van der Waals surface area contributed by atoms with Gasteiger partial charge in [-0.15, -0.1) is 12.4 Å². The van der Waals surface area contributed by atoms with Gasteiger partial charge in [0.05, 0.1) is 0 Å². The average Bonchev–Trinajstić information content (AvgIpc) is 2.67. The lowest BCUT2D eigenvalue weighted by Crippen LogP contribution is -2.35. The quantitative estimate of drug-likeness (QED) is 0.610. The number of carbonyl (C=O) groups excluding carboxylic acids is 1. The van der Waals surface area contributed by atoms with Crippen molar-refractivity contribution >= 4 is 18.5 Å². The lowest BCUT2D eigenvalue weighted by molar-refractivity contribution is 0.0907. The summed E-state index contributed by atoms with van der Waals surface area (Å²) in [6.45, 7) is 7.52. The molecular formula is C23H33ClN2O2. The average molecular weight is 405 g/mol. The molecule has 0 aliphatic carbocycles. The molecule has 1 amide bonds. The predicted octanol–water partition coefficient (Wildman–Crippen LogP) is 5.38. The summed E-state index contributed by atoms with van der Waals surface area (Å²) in [5.74, 6) is 0. The number of nitrogens with two attached hydrogens (primary N) is 1. The molecule has 0 spiro atoms. The lowest BCUT2D eigenvalue weighted by atomic mass is 10.1. The monoisotopic (exact) mass is 404 g/mol. The molecule has 0 saturated heterocycles. The summed E-state index contributed by atoms with van der Waals surface area (Å²) < 4.78 is 5.52. The summed E-state index contributed by atoms with van der Waals surface area (Å²) in [6, 6.07) is 16.4. The number of ether oxygens (including phenoxy) is 1. The first-order valence-corrected chi connectivity index (χ1v) is 9.76. The van der Waals surface area contributed by atoms with Crippen LogP contribution in [0.5, 0.6) is 0 Å². The zero-order valence-electron chi connectivity index (χ0n) is 17.2. The van der Waals surface area contributed by atoms with Crippen molar-refractivity contribution in [1.82, 2.24) is 4.90 Å². The van der Waals surface area contributed by atoms with E-state index >= 15 is 0 Å². The van der Waals surface area contributed by atoms with Crippen molar-refractivity contribution in [1.29, 1.82) is 0 Å². The number of nitrogens with zero attached hydrogens (tertiary/aromatic N) is 1. The molecule has 2 rings (SSSR count). The highest BCUT2D eigenvalue weighted by Crippen LogP contribution is 2.14. The molecule has 28 heavy (non-hydrogen) atoms. The highest BCUT2D eigenvalue weighted by Gasteiger charge is 2.17. The number of rotatable bonds is 9. The van der Waals surface area contributed by atoms with Gasteiger partial charge < -0.3 is 10.5 Å². The van der Waals surface area contributed by atoms with E-state index in [9.17, 15) is 4.79 Å².